The van der Waals surface area contributed by atoms with Gasteiger partial charge in [-0.3, -0.25) is 19.9 Å². The van der Waals surface area contributed by atoms with Crippen molar-refractivity contribution >= 4 is 40.6 Å². The van der Waals surface area contributed by atoms with Crippen molar-refractivity contribution in [1.82, 2.24) is 10.7 Å². The van der Waals surface area contributed by atoms with E-state index in [9.17, 15) is 9.59 Å². The molecule has 0 aliphatic carbocycles. The standard InChI is InChI=1S/C21H22ClN5O2/c1-2-4-18-25-26-19-21(29)24-16-12-14(7-8-17(16)27(18)19)20(28)23-10-9-13-5-3-6-15(22)11-13/h3,5-8,11-12,19,26H,2,4,9-10H2,1H3,(H,23,28)(H,24,29). The second-order valence-corrected chi connectivity index (χ2v) is 7.47. The maximum absolute atomic E-state index is 12.6. The van der Waals surface area contributed by atoms with Crippen molar-refractivity contribution in [3.05, 3.63) is 58.6 Å². The van der Waals surface area contributed by atoms with Gasteiger partial charge in [-0.1, -0.05) is 30.7 Å². The number of amidine groups is 1. The predicted molar refractivity (Wildman–Crippen MR) is 114 cm³/mol. The third-order valence-corrected chi connectivity index (χ3v) is 5.17. The summed E-state index contributed by atoms with van der Waals surface area (Å²) in [5.41, 5.74) is 5.89. The Bertz CT molecular complexity index is 991. The van der Waals surface area contributed by atoms with E-state index in [1.807, 2.05) is 35.2 Å². The molecule has 0 aromatic heterocycles. The van der Waals surface area contributed by atoms with Crippen molar-refractivity contribution in [2.24, 2.45) is 5.10 Å². The van der Waals surface area contributed by atoms with E-state index in [0.717, 1.165) is 29.9 Å². The monoisotopic (exact) mass is 411 g/mol. The van der Waals surface area contributed by atoms with Crippen molar-refractivity contribution < 1.29 is 9.59 Å². The Hall–Kier alpha value is -3.06. The molecule has 2 aliphatic rings. The minimum Gasteiger partial charge on any atom is -0.352 e. The SMILES string of the molecule is CCCC1=NNC2C(=O)Nc3cc(C(=O)NCCc4cccc(Cl)c4)ccc3N12. The van der Waals surface area contributed by atoms with Gasteiger partial charge in [0.15, 0.2) is 0 Å². The number of nitrogens with one attached hydrogen (secondary N) is 3. The van der Waals surface area contributed by atoms with E-state index in [1.165, 1.54) is 0 Å². The number of amides is 2. The maximum atomic E-state index is 12.6. The van der Waals surface area contributed by atoms with Crippen LogP contribution >= 0.6 is 11.6 Å². The first-order valence-corrected chi connectivity index (χ1v) is 10.0. The second-order valence-electron chi connectivity index (χ2n) is 7.04. The molecule has 0 fully saturated rings. The van der Waals surface area contributed by atoms with Crippen LogP contribution in [0.3, 0.4) is 0 Å². The molecule has 0 bridgehead atoms. The summed E-state index contributed by atoms with van der Waals surface area (Å²) in [5.74, 6) is 0.450. The van der Waals surface area contributed by atoms with E-state index < -0.39 is 6.17 Å². The molecule has 2 aromatic rings. The summed E-state index contributed by atoms with van der Waals surface area (Å²) in [5, 5.41) is 10.8. The molecule has 4 rings (SSSR count). The predicted octanol–water partition coefficient (Wildman–Crippen LogP) is 3.11. The number of carbonyl (C=O) groups is 2. The number of hydrogen-bond donors (Lipinski definition) is 3. The largest absolute Gasteiger partial charge is 0.352 e. The van der Waals surface area contributed by atoms with Gasteiger partial charge in [0.2, 0.25) is 6.17 Å². The van der Waals surface area contributed by atoms with Gasteiger partial charge in [0.25, 0.3) is 11.8 Å². The molecule has 1 unspecified atom stereocenters. The van der Waals surface area contributed by atoms with Crippen molar-refractivity contribution in [2.45, 2.75) is 32.4 Å². The van der Waals surface area contributed by atoms with Crippen molar-refractivity contribution in [2.75, 3.05) is 16.8 Å². The van der Waals surface area contributed by atoms with Crippen LogP contribution in [-0.2, 0) is 11.2 Å². The van der Waals surface area contributed by atoms with Crippen LogP contribution in [0.4, 0.5) is 11.4 Å². The molecule has 8 heteroatoms. The van der Waals surface area contributed by atoms with Crippen LogP contribution in [0.1, 0.15) is 35.7 Å². The molecule has 2 amide bonds. The van der Waals surface area contributed by atoms with Crippen LogP contribution in [0, 0.1) is 0 Å². The zero-order valence-electron chi connectivity index (χ0n) is 16.0. The molecule has 1 atom stereocenters. The first kappa shape index (κ1) is 19.3. The molecule has 2 aliphatic heterocycles. The number of hydrogen-bond acceptors (Lipinski definition) is 5. The third kappa shape index (κ3) is 3.91. The van der Waals surface area contributed by atoms with Gasteiger partial charge in [-0.25, -0.2) is 0 Å². The highest BCUT2D eigenvalue weighted by atomic mass is 35.5. The highest BCUT2D eigenvalue weighted by Crippen LogP contribution is 2.35. The maximum Gasteiger partial charge on any atom is 0.269 e. The fourth-order valence-electron chi connectivity index (χ4n) is 3.55. The molecule has 7 nitrogen and oxygen atoms in total. The molecule has 2 heterocycles. The van der Waals surface area contributed by atoms with Crippen LogP contribution < -0.4 is 21.0 Å². The van der Waals surface area contributed by atoms with Crippen molar-refractivity contribution in [3.63, 3.8) is 0 Å². The Balaban J connectivity index is 1.46. The van der Waals surface area contributed by atoms with Crippen LogP contribution in [0.5, 0.6) is 0 Å². The zero-order valence-corrected chi connectivity index (χ0v) is 16.8. The molecule has 2 aromatic carbocycles. The summed E-state index contributed by atoms with van der Waals surface area (Å²) in [6.07, 6.45) is 1.84. The van der Waals surface area contributed by atoms with E-state index in [-0.39, 0.29) is 11.8 Å². The van der Waals surface area contributed by atoms with E-state index in [1.54, 1.807) is 12.1 Å². The Morgan fingerprint density at radius 2 is 2.10 bits per heavy atom. The van der Waals surface area contributed by atoms with E-state index >= 15 is 0 Å². The summed E-state index contributed by atoms with van der Waals surface area (Å²) in [4.78, 5) is 26.9. The minimum absolute atomic E-state index is 0.187. The molecule has 29 heavy (non-hydrogen) atoms. The lowest BCUT2D eigenvalue weighted by molar-refractivity contribution is -0.117. The number of rotatable bonds is 6. The average Bonchev–Trinajstić information content (AvgIpc) is 3.13. The lowest BCUT2D eigenvalue weighted by atomic mass is 10.1. The lowest BCUT2D eigenvalue weighted by Gasteiger charge is -2.33. The number of benzene rings is 2. The fraction of sp³-hybridized carbons (Fsp3) is 0.286. The average molecular weight is 412 g/mol. The number of hydrazone groups is 1. The Labute approximate surface area is 174 Å². The summed E-state index contributed by atoms with van der Waals surface area (Å²) >= 11 is 5.99. The van der Waals surface area contributed by atoms with Crippen LogP contribution in [-0.4, -0.2) is 30.4 Å². The summed E-state index contributed by atoms with van der Waals surface area (Å²) in [6, 6.07) is 12.9. The normalized spacial score (nSPS) is 17.0. The zero-order chi connectivity index (χ0) is 20.4. The Kier molecular flexibility index (Phi) is 5.40. The molecular formula is C21H22ClN5O2. The molecule has 0 saturated heterocycles. The number of nitrogens with zero attached hydrogens (tertiary/aromatic N) is 2. The topological polar surface area (TPSA) is 85.8 Å². The lowest BCUT2D eigenvalue weighted by Crippen LogP contribution is -2.52. The smallest absolute Gasteiger partial charge is 0.269 e. The van der Waals surface area contributed by atoms with E-state index in [4.69, 9.17) is 11.6 Å². The van der Waals surface area contributed by atoms with Gasteiger partial charge in [0.05, 0.1) is 11.4 Å². The van der Waals surface area contributed by atoms with E-state index in [0.29, 0.717) is 29.2 Å². The van der Waals surface area contributed by atoms with Gasteiger partial charge in [0, 0.05) is 23.6 Å². The first-order chi connectivity index (χ1) is 14.1. The van der Waals surface area contributed by atoms with Gasteiger partial charge in [0.1, 0.15) is 5.84 Å². The molecular weight excluding hydrogens is 390 g/mol. The van der Waals surface area contributed by atoms with Gasteiger partial charge in [-0.2, -0.15) is 5.10 Å². The summed E-state index contributed by atoms with van der Waals surface area (Å²) in [7, 11) is 0. The molecule has 0 spiro atoms. The second kappa shape index (κ2) is 8.13. The third-order valence-electron chi connectivity index (χ3n) is 4.94. The van der Waals surface area contributed by atoms with Gasteiger partial charge in [-0.15, -0.1) is 0 Å². The van der Waals surface area contributed by atoms with Crippen LogP contribution in [0.2, 0.25) is 5.02 Å². The molecule has 150 valence electrons. The highest BCUT2D eigenvalue weighted by Gasteiger charge is 2.39. The van der Waals surface area contributed by atoms with E-state index in [2.05, 4.69) is 28.1 Å². The minimum atomic E-state index is -0.540. The van der Waals surface area contributed by atoms with Gasteiger partial charge in [-0.05, 0) is 48.7 Å². The quantitative estimate of drug-likeness (QED) is 0.681. The molecule has 0 radical (unpaired) electrons. The fourth-order valence-corrected chi connectivity index (χ4v) is 3.77. The number of halogens is 1. The van der Waals surface area contributed by atoms with Crippen LogP contribution in [0.15, 0.2) is 47.6 Å². The van der Waals surface area contributed by atoms with Crippen molar-refractivity contribution in [3.8, 4) is 0 Å². The molecule has 0 saturated carbocycles. The Morgan fingerprint density at radius 1 is 1.24 bits per heavy atom. The Morgan fingerprint density at radius 3 is 2.90 bits per heavy atom. The van der Waals surface area contributed by atoms with Crippen molar-refractivity contribution in [1.29, 1.82) is 0 Å². The molecule has 3 N–H and O–H groups in total. The highest BCUT2D eigenvalue weighted by molar-refractivity contribution is 6.30. The number of anilines is 2. The number of fused-ring (bicyclic) bond motifs is 3. The first-order valence-electron chi connectivity index (χ1n) is 9.65. The summed E-state index contributed by atoms with van der Waals surface area (Å²) in [6.45, 7) is 2.56. The van der Waals surface area contributed by atoms with Crippen LogP contribution in [0.25, 0.3) is 0 Å². The van der Waals surface area contributed by atoms with Gasteiger partial charge >= 0.3 is 0 Å². The summed E-state index contributed by atoms with van der Waals surface area (Å²) < 4.78 is 0. The van der Waals surface area contributed by atoms with Gasteiger partial charge < -0.3 is 10.6 Å². The number of carbonyl (C=O) groups excluding carboxylic acids is 2.